The number of benzene rings is 2. The topological polar surface area (TPSA) is 62.8 Å². The average molecular weight is 350 g/mol. The molecule has 0 atom stereocenters. The van der Waals surface area contributed by atoms with Crippen molar-refractivity contribution in [3.8, 4) is 11.5 Å². The number of halogens is 1. The van der Waals surface area contributed by atoms with E-state index in [0.29, 0.717) is 27.9 Å². The van der Waals surface area contributed by atoms with Crippen LogP contribution in [0.4, 0.5) is 21.9 Å². The van der Waals surface area contributed by atoms with Crippen LogP contribution in [0.2, 0.25) is 5.02 Å². The van der Waals surface area contributed by atoms with Crippen LogP contribution in [0.5, 0.6) is 11.5 Å². The summed E-state index contributed by atoms with van der Waals surface area (Å²) in [7, 11) is 6.92. The molecule has 0 saturated heterocycles. The molecule has 0 aliphatic carbocycles. The quantitative estimate of drug-likeness (QED) is 0.854. The van der Waals surface area contributed by atoms with Gasteiger partial charge in [-0.05, 0) is 30.3 Å². The third kappa shape index (κ3) is 4.23. The van der Waals surface area contributed by atoms with E-state index in [2.05, 4.69) is 10.6 Å². The smallest absolute Gasteiger partial charge is 0.323 e. The molecule has 2 rings (SSSR count). The van der Waals surface area contributed by atoms with Crippen LogP contribution in [0.15, 0.2) is 36.4 Å². The lowest BCUT2D eigenvalue weighted by atomic mass is 10.2. The Hall–Kier alpha value is -2.60. The minimum absolute atomic E-state index is 0.379. The lowest BCUT2D eigenvalue weighted by molar-refractivity contribution is 0.262. The fourth-order valence-electron chi connectivity index (χ4n) is 2.09. The Morgan fingerprint density at radius 3 is 2.17 bits per heavy atom. The van der Waals surface area contributed by atoms with Crippen molar-refractivity contribution < 1.29 is 14.3 Å². The summed E-state index contributed by atoms with van der Waals surface area (Å²) >= 11 is 6.09. The Bertz CT molecular complexity index is 718. The number of urea groups is 1. The molecular formula is C17H20ClN3O3. The van der Waals surface area contributed by atoms with Crippen molar-refractivity contribution in [3.05, 3.63) is 41.4 Å². The highest BCUT2D eigenvalue weighted by molar-refractivity contribution is 6.32. The zero-order valence-electron chi connectivity index (χ0n) is 14.0. The predicted octanol–water partition coefficient (Wildman–Crippen LogP) is 4.07. The van der Waals surface area contributed by atoms with Crippen molar-refractivity contribution in [2.24, 2.45) is 0 Å². The molecule has 0 saturated carbocycles. The number of hydrogen-bond donors (Lipinski definition) is 2. The molecule has 0 aliphatic rings. The van der Waals surface area contributed by atoms with E-state index < -0.39 is 6.03 Å². The standard InChI is InChI=1S/C17H20ClN3O3/c1-21(2)12-7-5-11(6-8-12)19-17(22)20-14-9-13(18)15(23-3)10-16(14)24-4/h5-10H,1-4H3,(H2,19,20,22). The fourth-order valence-corrected chi connectivity index (χ4v) is 2.33. The van der Waals surface area contributed by atoms with E-state index in [4.69, 9.17) is 21.1 Å². The van der Waals surface area contributed by atoms with Gasteiger partial charge in [-0.2, -0.15) is 0 Å². The molecule has 0 fully saturated rings. The second-order valence-corrected chi connectivity index (χ2v) is 5.61. The first-order valence-corrected chi connectivity index (χ1v) is 7.59. The number of carbonyl (C=O) groups is 1. The predicted molar refractivity (Wildman–Crippen MR) is 98.0 cm³/mol. The molecule has 7 heteroatoms. The van der Waals surface area contributed by atoms with Crippen LogP contribution in [0, 0.1) is 0 Å². The van der Waals surface area contributed by atoms with Gasteiger partial charge in [0.25, 0.3) is 0 Å². The number of anilines is 3. The summed E-state index contributed by atoms with van der Waals surface area (Å²) < 4.78 is 10.4. The van der Waals surface area contributed by atoms with Crippen molar-refractivity contribution in [3.63, 3.8) is 0 Å². The third-order valence-corrected chi connectivity index (χ3v) is 3.66. The molecule has 2 aromatic rings. The van der Waals surface area contributed by atoms with Crippen molar-refractivity contribution in [2.45, 2.75) is 0 Å². The Balaban J connectivity index is 2.10. The van der Waals surface area contributed by atoms with Gasteiger partial charge in [-0.15, -0.1) is 0 Å². The Labute approximate surface area is 146 Å². The lowest BCUT2D eigenvalue weighted by Crippen LogP contribution is -2.20. The number of hydrogen-bond acceptors (Lipinski definition) is 4. The van der Waals surface area contributed by atoms with Gasteiger partial charge in [-0.25, -0.2) is 4.79 Å². The van der Waals surface area contributed by atoms with E-state index in [0.717, 1.165) is 5.69 Å². The van der Waals surface area contributed by atoms with E-state index in [1.807, 2.05) is 43.3 Å². The van der Waals surface area contributed by atoms with E-state index in [9.17, 15) is 4.79 Å². The van der Waals surface area contributed by atoms with Crippen LogP contribution in [-0.4, -0.2) is 34.3 Å². The van der Waals surface area contributed by atoms with E-state index in [-0.39, 0.29) is 0 Å². The van der Waals surface area contributed by atoms with Crippen LogP contribution in [-0.2, 0) is 0 Å². The summed E-state index contributed by atoms with van der Waals surface area (Å²) in [6.45, 7) is 0. The van der Waals surface area contributed by atoms with Gasteiger partial charge in [0.05, 0.1) is 24.9 Å². The van der Waals surface area contributed by atoms with Crippen LogP contribution in [0.3, 0.4) is 0 Å². The number of nitrogens with one attached hydrogen (secondary N) is 2. The minimum atomic E-state index is -0.396. The molecule has 0 unspecified atom stereocenters. The monoisotopic (exact) mass is 349 g/mol. The molecule has 0 bridgehead atoms. The number of nitrogens with zero attached hydrogens (tertiary/aromatic N) is 1. The second kappa shape index (κ2) is 7.79. The van der Waals surface area contributed by atoms with Crippen LogP contribution < -0.4 is 25.0 Å². The molecule has 24 heavy (non-hydrogen) atoms. The maximum Gasteiger partial charge on any atom is 0.323 e. The molecule has 0 radical (unpaired) electrons. The molecule has 2 N–H and O–H groups in total. The van der Waals surface area contributed by atoms with Crippen LogP contribution in [0.1, 0.15) is 0 Å². The third-order valence-electron chi connectivity index (χ3n) is 3.36. The Kier molecular flexibility index (Phi) is 5.76. The number of ether oxygens (including phenoxy) is 2. The first-order valence-electron chi connectivity index (χ1n) is 7.21. The maximum absolute atomic E-state index is 12.2. The Morgan fingerprint density at radius 2 is 1.62 bits per heavy atom. The van der Waals surface area contributed by atoms with Gasteiger partial charge in [-0.3, -0.25) is 0 Å². The Morgan fingerprint density at radius 1 is 1.00 bits per heavy atom. The molecule has 128 valence electrons. The zero-order chi connectivity index (χ0) is 17.7. The SMILES string of the molecule is COc1cc(OC)c(NC(=O)Nc2ccc(N(C)C)cc2)cc1Cl. The zero-order valence-corrected chi connectivity index (χ0v) is 14.8. The van der Waals surface area contributed by atoms with Gasteiger partial charge in [0.15, 0.2) is 0 Å². The lowest BCUT2D eigenvalue weighted by Gasteiger charge is -2.15. The summed E-state index contributed by atoms with van der Waals surface area (Å²) in [5.74, 6) is 0.924. The van der Waals surface area contributed by atoms with Gasteiger partial charge >= 0.3 is 6.03 Å². The van der Waals surface area contributed by atoms with Gasteiger partial charge < -0.3 is 25.0 Å². The summed E-state index contributed by atoms with van der Waals surface area (Å²) in [5, 5.41) is 5.85. The van der Waals surface area contributed by atoms with Crippen LogP contribution in [0.25, 0.3) is 0 Å². The first-order chi connectivity index (χ1) is 11.4. The molecule has 2 amide bonds. The number of methoxy groups -OCH3 is 2. The average Bonchev–Trinajstić information content (AvgIpc) is 2.55. The molecule has 0 spiro atoms. The van der Waals surface area contributed by atoms with E-state index >= 15 is 0 Å². The normalized spacial score (nSPS) is 10.0. The minimum Gasteiger partial charge on any atom is -0.495 e. The maximum atomic E-state index is 12.2. The van der Waals surface area contributed by atoms with Crippen molar-refractivity contribution in [2.75, 3.05) is 43.8 Å². The summed E-state index contributed by atoms with van der Waals surface area (Å²) in [6.07, 6.45) is 0. The van der Waals surface area contributed by atoms with Crippen molar-refractivity contribution >= 4 is 34.7 Å². The van der Waals surface area contributed by atoms with Gasteiger partial charge in [-0.1, -0.05) is 11.6 Å². The van der Waals surface area contributed by atoms with E-state index in [1.165, 1.54) is 14.2 Å². The van der Waals surface area contributed by atoms with Crippen molar-refractivity contribution in [1.29, 1.82) is 0 Å². The number of carbonyl (C=O) groups excluding carboxylic acids is 1. The molecule has 0 aliphatic heterocycles. The summed E-state index contributed by atoms with van der Waals surface area (Å²) in [6, 6.07) is 10.3. The molecule has 2 aromatic carbocycles. The summed E-state index contributed by atoms with van der Waals surface area (Å²) in [4.78, 5) is 14.2. The van der Waals surface area contributed by atoms with Gasteiger partial charge in [0.2, 0.25) is 0 Å². The molecular weight excluding hydrogens is 330 g/mol. The molecule has 0 aromatic heterocycles. The highest BCUT2D eigenvalue weighted by Gasteiger charge is 2.12. The van der Waals surface area contributed by atoms with Crippen molar-refractivity contribution in [1.82, 2.24) is 0 Å². The van der Waals surface area contributed by atoms with E-state index in [1.54, 1.807) is 12.1 Å². The highest BCUT2D eigenvalue weighted by atomic mass is 35.5. The number of amides is 2. The van der Waals surface area contributed by atoms with Gasteiger partial charge in [0.1, 0.15) is 11.5 Å². The number of rotatable bonds is 5. The molecule has 0 heterocycles. The highest BCUT2D eigenvalue weighted by Crippen LogP contribution is 2.35. The first kappa shape index (κ1) is 17.7. The van der Waals surface area contributed by atoms with Gasteiger partial charge in [0, 0.05) is 31.5 Å². The summed E-state index contributed by atoms with van der Waals surface area (Å²) in [5.41, 5.74) is 2.17. The largest absolute Gasteiger partial charge is 0.495 e. The molecule has 6 nitrogen and oxygen atoms in total. The second-order valence-electron chi connectivity index (χ2n) is 5.21. The van der Waals surface area contributed by atoms with Crippen LogP contribution >= 0.6 is 11.6 Å². The fraction of sp³-hybridized carbons (Fsp3) is 0.235.